The molecule has 0 aliphatic heterocycles. The Hall–Kier alpha value is -1.88. The Labute approximate surface area is 112 Å². The van der Waals surface area contributed by atoms with Gasteiger partial charge in [-0.15, -0.1) is 10.2 Å². The lowest BCUT2D eigenvalue weighted by Crippen LogP contribution is -2.06. The van der Waals surface area contributed by atoms with Crippen molar-refractivity contribution in [2.75, 3.05) is 6.54 Å². The Morgan fingerprint density at radius 1 is 1.26 bits per heavy atom. The van der Waals surface area contributed by atoms with Crippen LogP contribution in [0.3, 0.4) is 0 Å². The molecule has 0 unspecified atom stereocenters. The fourth-order valence-electron chi connectivity index (χ4n) is 1.90. The van der Waals surface area contributed by atoms with E-state index in [1.807, 2.05) is 32.0 Å². The van der Waals surface area contributed by atoms with Gasteiger partial charge in [0.1, 0.15) is 5.75 Å². The van der Waals surface area contributed by atoms with E-state index in [1.54, 1.807) is 0 Å². The maximum absolute atomic E-state index is 5.81. The number of aryl methyl sites for hydroxylation is 2. The van der Waals surface area contributed by atoms with Gasteiger partial charge in [-0.05, 0) is 31.0 Å². The molecule has 0 atom stereocenters. The minimum atomic E-state index is 0.287. The van der Waals surface area contributed by atoms with Crippen molar-refractivity contribution in [2.24, 2.45) is 5.73 Å². The second-order valence-corrected chi connectivity index (χ2v) is 4.33. The Balaban J connectivity index is 2.09. The van der Waals surface area contributed by atoms with Crippen molar-refractivity contribution in [3.63, 3.8) is 0 Å². The Bertz CT molecular complexity index is 537. The van der Waals surface area contributed by atoms with Crippen LogP contribution in [0.4, 0.5) is 0 Å². The van der Waals surface area contributed by atoms with E-state index >= 15 is 0 Å². The van der Waals surface area contributed by atoms with Gasteiger partial charge in [-0.3, -0.25) is 0 Å². The van der Waals surface area contributed by atoms with Gasteiger partial charge in [-0.1, -0.05) is 25.1 Å². The summed E-state index contributed by atoms with van der Waals surface area (Å²) in [5.41, 5.74) is 7.81. The summed E-state index contributed by atoms with van der Waals surface area (Å²) in [6.07, 6.45) is 1.52. The predicted molar refractivity (Wildman–Crippen MR) is 71.9 cm³/mol. The summed E-state index contributed by atoms with van der Waals surface area (Å²) in [6, 6.07) is 6.05. The zero-order valence-electron chi connectivity index (χ0n) is 11.3. The molecule has 2 rings (SSSR count). The Morgan fingerprint density at radius 3 is 2.74 bits per heavy atom. The summed E-state index contributed by atoms with van der Waals surface area (Å²) in [5, 5.41) is 7.85. The summed E-state index contributed by atoms with van der Waals surface area (Å²) < 4.78 is 11.2. The topological polar surface area (TPSA) is 74.2 Å². The van der Waals surface area contributed by atoms with Gasteiger partial charge in [-0.2, -0.15) is 0 Å². The molecule has 2 N–H and O–H groups in total. The predicted octanol–water partition coefficient (Wildman–Crippen LogP) is 2.02. The molecule has 0 saturated heterocycles. The standard InChI is InChI=1S/C14H19N3O2/c1-3-12-16-17-13(19-12)9-18-14-10(2)5-4-6-11(14)7-8-15/h4-6H,3,7-9,15H2,1-2H3. The third kappa shape index (κ3) is 3.32. The fourth-order valence-corrected chi connectivity index (χ4v) is 1.90. The quantitative estimate of drug-likeness (QED) is 0.861. The highest BCUT2D eigenvalue weighted by atomic mass is 16.5. The molecule has 1 aromatic heterocycles. The average molecular weight is 261 g/mol. The lowest BCUT2D eigenvalue weighted by atomic mass is 10.1. The first-order valence-electron chi connectivity index (χ1n) is 6.47. The third-order valence-electron chi connectivity index (χ3n) is 2.86. The maximum Gasteiger partial charge on any atom is 0.253 e. The molecule has 102 valence electrons. The zero-order chi connectivity index (χ0) is 13.7. The van der Waals surface area contributed by atoms with Gasteiger partial charge in [0.05, 0.1) is 0 Å². The number of hydrogen-bond donors (Lipinski definition) is 1. The van der Waals surface area contributed by atoms with Crippen molar-refractivity contribution in [1.82, 2.24) is 10.2 Å². The first kappa shape index (κ1) is 13.5. The molecule has 0 aliphatic carbocycles. The van der Waals surface area contributed by atoms with E-state index in [9.17, 15) is 0 Å². The normalized spacial score (nSPS) is 10.7. The molecule has 2 aromatic rings. The Morgan fingerprint density at radius 2 is 2.05 bits per heavy atom. The number of aromatic nitrogens is 2. The van der Waals surface area contributed by atoms with Gasteiger partial charge in [-0.25, -0.2) is 0 Å². The van der Waals surface area contributed by atoms with Crippen LogP contribution in [-0.4, -0.2) is 16.7 Å². The zero-order valence-corrected chi connectivity index (χ0v) is 11.3. The van der Waals surface area contributed by atoms with Crippen LogP contribution in [0.15, 0.2) is 22.6 Å². The van der Waals surface area contributed by atoms with Crippen LogP contribution in [0.25, 0.3) is 0 Å². The highest BCUT2D eigenvalue weighted by molar-refractivity contribution is 5.40. The summed E-state index contributed by atoms with van der Waals surface area (Å²) in [5.74, 6) is 1.99. The highest BCUT2D eigenvalue weighted by Gasteiger charge is 2.09. The first-order chi connectivity index (χ1) is 9.24. The van der Waals surface area contributed by atoms with Crippen molar-refractivity contribution in [2.45, 2.75) is 33.3 Å². The van der Waals surface area contributed by atoms with Crippen LogP contribution in [0.1, 0.15) is 29.8 Å². The van der Waals surface area contributed by atoms with Gasteiger partial charge < -0.3 is 14.9 Å². The molecule has 0 saturated carbocycles. The van der Waals surface area contributed by atoms with Crippen LogP contribution in [-0.2, 0) is 19.4 Å². The molecule has 5 nitrogen and oxygen atoms in total. The molecular weight excluding hydrogens is 242 g/mol. The number of para-hydroxylation sites is 1. The van der Waals surface area contributed by atoms with Crippen LogP contribution in [0, 0.1) is 6.92 Å². The van der Waals surface area contributed by atoms with Crippen molar-refractivity contribution in [3.8, 4) is 5.75 Å². The second kappa shape index (κ2) is 6.33. The van der Waals surface area contributed by atoms with E-state index in [-0.39, 0.29) is 6.61 Å². The molecule has 19 heavy (non-hydrogen) atoms. The monoisotopic (exact) mass is 261 g/mol. The van der Waals surface area contributed by atoms with Crippen LogP contribution in [0.5, 0.6) is 5.75 Å². The largest absolute Gasteiger partial charge is 0.483 e. The molecule has 0 amide bonds. The molecule has 0 spiro atoms. The van der Waals surface area contributed by atoms with Crippen LogP contribution in [0.2, 0.25) is 0 Å². The summed E-state index contributed by atoms with van der Waals surface area (Å²) in [7, 11) is 0. The molecule has 0 bridgehead atoms. The SMILES string of the molecule is CCc1nnc(COc2c(C)cccc2CCN)o1. The van der Waals surface area contributed by atoms with Crippen LogP contribution < -0.4 is 10.5 Å². The van der Waals surface area contributed by atoms with Gasteiger partial charge >= 0.3 is 0 Å². The summed E-state index contributed by atoms with van der Waals surface area (Å²) in [6.45, 7) is 4.87. The summed E-state index contributed by atoms with van der Waals surface area (Å²) in [4.78, 5) is 0. The molecule has 0 fully saturated rings. The molecule has 0 aliphatic rings. The highest BCUT2D eigenvalue weighted by Crippen LogP contribution is 2.24. The van der Waals surface area contributed by atoms with Crippen molar-refractivity contribution >= 4 is 0 Å². The van der Waals surface area contributed by atoms with Crippen molar-refractivity contribution < 1.29 is 9.15 Å². The number of nitrogens with two attached hydrogens (primary N) is 1. The fraction of sp³-hybridized carbons (Fsp3) is 0.429. The minimum Gasteiger partial charge on any atom is -0.483 e. The van der Waals surface area contributed by atoms with Gasteiger partial charge in [0.15, 0.2) is 6.61 Å². The lowest BCUT2D eigenvalue weighted by Gasteiger charge is -2.12. The summed E-state index contributed by atoms with van der Waals surface area (Å²) >= 11 is 0. The second-order valence-electron chi connectivity index (χ2n) is 4.33. The van der Waals surface area contributed by atoms with E-state index in [0.29, 0.717) is 18.3 Å². The number of benzene rings is 1. The minimum absolute atomic E-state index is 0.287. The van der Waals surface area contributed by atoms with Gasteiger partial charge in [0.25, 0.3) is 5.89 Å². The first-order valence-corrected chi connectivity index (χ1v) is 6.47. The van der Waals surface area contributed by atoms with Gasteiger partial charge in [0, 0.05) is 6.42 Å². The number of hydrogen-bond acceptors (Lipinski definition) is 5. The Kier molecular flexibility index (Phi) is 4.52. The maximum atomic E-state index is 5.81. The van der Waals surface area contributed by atoms with E-state index < -0.39 is 0 Å². The van der Waals surface area contributed by atoms with Crippen LogP contribution >= 0.6 is 0 Å². The van der Waals surface area contributed by atoms with Crippen molar-refractivity contribution in [1.29, 1.82) is 0 Å². The molecule has 5 heteroatoms. The van der Waals surface area contributed by atoms with Gasteiger partial charge in [0.2, 0.25) is 5.89 Å². The van der Waals surface area contributed by atoms with E-state index in [2.05, 4.69) is 10.2 Å². The average Bonchev–Trinajstić information content (AvgIpc) is 2.86. The lowest BCUT2D eigenvalue weighted by molar-refractivity contribution is 0.255. The van der Waals surface area contributed by atoms with Crippen molar-refractivity contribution in [3.05, 3.63) is 41.1 Å². The van der Waals surface area contributed by atoms with E-state index in [4.69, 9.17) is 14.9 Å². The van der Waals surface area contributed by atoms with E-state index in [1.165, 1.54) is 0 Å². The molecule has 1 heterocycles. The third-order valence-corrected chi connectivity index (χ3v) is 2.86. The molecular formula is C14H19N3O2. The number of rotatable bonds is 6. The van der Waals surface area contributed by atoms with E-state index in [0.717, 1.165) is 29.7 Å². The molecule has 1 aromatic carbocycles. The smallest absolute Gasteiger partial charge is 0.253 e. The number of ether oxygens (including phenoxy) is 1. The molecule has 0 radical (unpaired) electrons. The number of nitrogens with zero attached hydrogens (tertiary/aromatic N) is 2.